The number of ether oxygens (including phenoxy) is 1. The summed E-state index contributed by atoms with van der Waals surface area (Å²) in [5.41, 5.74) is 2.85. The van der Waals surface area contributed by atoms with E-state index in [4.69, 9.17) is 4.74 Å². The van der Waals surface area contributed by atoms with Gasteiger partial charge in [0.25, 0.3) is 0 Å². The molecule has 20 heavy (non-hydrogen) atoms. The predicted octanol–water partition coefficient (Wildman–Crippen LogP) is 1.81. The summed E-state index contributed by atoms with van der Waals surface area (Å²) in [6.07, 6.45) is 3.15. The van der Waals surface area contributed by atoms with Crippen molar-refractivity contribution in [2.75, 3.05) is 26.8 Å². The summed E-state index contributed by atoms with van der Waals surface area (Å²) >= 11 is 0. The van der Waals surface area contributed by atoms with Crippen LogP contribution in [-0.4, -0.2) is 32.7 Å². The van der Waals surface area contributed by atoms with E-state index in [9.17, 15) is 4.79 Å². The molecule has 1 aromatic rings. The van der Waals surface area contributed by atoms with Gasteiger partial charge in [-0.25, -0.2) is 0 Å². The van der Waals surface area contributed by atoms with Gasteiger partial charge in [0, 0.05) is 33.2 Å². The molecule has 0 aromatic heterocycles. The van der Waals surface area contributed by atoms with E-state index in [1.165, 1.54) is 24.0 Å². The summed E-state index contributed by atoms with van der Waals surface area (Å²) in [4.78, 5) is 11.5. The molecule has 0 atom stereocenters. The first-order chi connectivity index (χ1) is 9.81. The number of amides is 1. The number of hydrogen-bond acceptors (Lipinski definition) is 3. The van der Waals surface area contributed by atoms with Gasteiger partial charge in [-0.3, -0.25) is 4.79 Å². The van der Waals surface area contributed by atoms with E-state index in [1.54, 1.807) is 7.11 Å². The Morgan fingerprint density at radius 3 is 2.85 bits per heavy atom. The molecule has 4 nitrogen and oxygen atoms in total. The highest BCUT2D eigenvalue weighted by Crippen LogP contribution is 2.41. The molecule has 4 heteroatoms. The Kier molecular flexibility index (Phi) is 6.02. The summed E-state index contributed by atoms with van der Waals surface area (Å²) in [7, 11) is 1.63. The third kappa shape index (κ3) is 4.94. The van der Waals surface area contributed by atoms with Crippen LogP contribution in [0.25, 0.3) is 0 Å². The first-order valence-corrected chi connectivity index (χ1v) is 7.35. The summed E-state index contributed by atoms with van der Waals surface area (Å²) in [5.74, 6) is 0.843. The lowest BCUT2D eigenvalue weighted by atomic mass is 10.0. The van der Waals surface area contributed by atoms with Crippen molar-refractivity contribution in [1.29, 1.82) is 0 Å². The van der Waals surface area contributed by atoms with Crippen molar-refractivity contribution >= 4 is 5.91 Å². The van der Waals surface area contributed by atoms with Crippen molar-refractivity contribution in [2.45, 2.75) is 31.7 Å². The van der Waals surface area contributed by atoms with E-state index in [1.807, 2.05) is 0 Å². The minimum Gasteiger partial charge on any atom is -0.383 e. The molecule has 0 saturated heterocycles. The Hall–Kier alpha value is -1.39. The SMILES string of the molecule is COCCNC(=O)CCNCc1ccccc1C1CC1. The Labute approximate surface area is 120 Å². The molecular weight excluding hydrogens is 252 g/mol. The topological polar surface area (TPSA) is 50.4 Å². The zero-order valence-electron chi connectivity index (χ0n) is 12.2. The molecule has 1 saturated carbocycles. The van der Waals surface area contributed by atoms with Gasteiger partial charge in [0.1, 0.15) is 0 Å². The van der Waals surface area contributed by atoms with Gasteiger partial charge in [0.15, 0.2) is 0 Å². The second-order valence-electron chi connectivity index (χ2n) is 5.24. The van der Waals surface area contributed by atoms with Gasteiger partial charge in [-0.15, -0.1) is 0 Å². The van der Waals surface area contributed by atoms with Gasteiger partial charge in [-0.05, 0) is 29.9 Å². The van der Waals surface area contributed by atoms with Crippen LogP contribution in [0.1, 0.15) is 36.3 Å². The van der Waals surface area contributed by atoms with Gasteiger partial charge in [-0.2, -0.15) is 0 Å². The molecule has 0 heterocycles. The summed E-state index contributed by atoms with van der Waals surface area (Å²) in [6, 6.07) is 8.60. The van der Waals surface area contributed by atoms with E-state index >= 15 is 0 Å². The maximum absolute atomic E-state index is 11.5. The molecule has 0 unspecified atom stereocenters. The van der Waals surface area contributed by atoms with Crippen molar-refractivity contribution in [3.8, 4) is 0 Å². The molecule has 2 N–H and O–H groups in total. The predicted molar refractivity (Wildman–Crippen MR) is 79.6 cm³/mol. The quantitative estimate of drug-likeness (QED) is 0.676. The number of nitrogens with one attached hydrogen (secondary N) is 2. The van der Waals surface area contributed by atoms with Crippen LogP contribution >= 0.6 is 0 Å². The number of carbonyl (C=O) groups is 1. The van der Waals surface area contributed by atoms with Crippen LogP contribution in [0.3, 0.4) is 0 Å². The average molecular weight is 276 g/mol. The van der Waals surface area contributed by atoms with Crippen LogP contribution < -0.4 is 10.6 Å². The lowest BCUT2D eigenvalue weighted by molar-refractivity contribution is -0.121. The van der Waals surface area contributed by atoms with E-state index < -0.39 is 0 Å². The van der Waals surface area contributed by atoms with Gasteiger partial charge in [0.05, 0.1) is 6.61 Å². The van der Waals surface area contributed by atoms with Gasteiger partial charge >= 0.3 is 0 Å². The zero-order chi connectivity index (χ0) is 14.2. The maximum Gasteiger partial charge on any atom is 0.221 e. The van der Waals surface area contributed by atoms with Crippen LogP contribution in [0.2, 0.25) is 0 Å². The first-order valence-electron chi connectivity index (χ1n) is 7.35. The fraction of sp³-hybridized carbons (Fsp3) is 0.562. The van der Waals surface area contributed by atoms with Crippen LogP contribution in [0.4, 0.5) is 0 Å². The second kappa shape index (κ2) is 8.02. The van der Waals surface area contributed by atoms with Crippen LogP contribution in [0.15, 0.2) is 24.3 Å². The first kappa shape index (κ1) is 15.0. The Morgan fingerprint density at radius 2 is 2.10 bits per heavy atom. The highest BCUT2D eigenvalue weighted by molar-refractivity contribution is 5.76. The molecule has 0 radical (unpaired) electrons. The third-order valence-corrected chi connectivity index (χ3v) is 3.54. The molecular formula is C16H24N2O2. The monoisotopic (exact) mass is 276 g/mol. The molecule has 2 rings (SSSR count). The normalized spacial score (nSPS) is 14.2. The van der Waals surface area contributed by atoms with Crippen LogP contribution in [0, 0.1) is 0 Å². The summed E-state index contributed by atoms with van der Waals surface area (Å²) in [5, 5.41) is 6.17. The largest absolute Gasteiger partial charge is 0.383 e. The number of methoxy groups -OCH3 is 1. The zero-order valence-corrected chi connectivity index (χ0v) is 12.2. The molecule has 0 bridgehead atoms. The average Bonchev–Trinajstić information content (AvgIpc) is 3.29. The fourth-order valence-corrected chi connectivity index (χ4v) is 2.29. The van der Waals surface area contributed by atoms with Crippen LogP contribution in [-0.2, 0) is 16.1 Å². The smallest absolute Gasteiger partial charge is 0.221 e. The summed E-state index contributed by atoms with van der Waals surface area (Å²) < 4.78 is 4.89. The number of benzene rings is 1. The molecule has 1 aliphatic rings. The maximum atomic E-state index is 11.5. The molecule has 110 valence electrons. The molecule has 1 aliphatic carbocycles. The third-order valence-electron chi connectivity index (χ3n) is 3.54. The van der Waals surface area contributed by atoms with Crippen molar-refractivity contribution < 1.29 is 9.53 Å². The highest BCUT2D eigenvalue weighted by Gasteiger charge is 2.25. The Balaban J connectivity index is 1.65. The van der Waals surface area contributed by atoms with Crippen LogP contribution in [0.5, 0.6) is 0 Å². The number of hydrogen-bond donors (Lipinski definition) is 2. The van der Waals surface area contributed by atoms with Gasteiger partial charge in [-0.1, -0.05) is 24.3 Å². The Morgan fingerprint density at radius 1 is 1.30 bits per heavy atom. The molecule has 1 aromatic carbocycles. The minimum absolute atomic E-state index is 0.0741. The second-order valence-corrected chi connectivity index (χ2v) is 5.24. The standard InChI is InChI=1S/C16H24N2O2/c1-20-11-10-18-16(19)8-9-17-12-14-4-2-3-5-15(14)13-6-7-13/h2-5,13,17H,6-12H2,1H3,(H,18,19). The molecule has 1 amide bonds. The molecule has 1 fully saturated rings. The highest BCUT2D eigenvalue weighted by atomic mass is 16.5. The summed E-state index contributed by atoms with van der Waals surface area (Å²) in [6.45, 7) is 2.70. The number of carbonyl (C=O) groups excluding carboxylic acids is 1. The van der Waals surface area contributed by atoms with E-state index in [-0.39, 0.29) is 5.91 Å². The Bertz CT molecular complexity index is 430. The lowest BCUT2D eigenvalue weighted by Crippen LogP contribution is -2.30. The lowest BCUT2D eigenvalue weighted by Gasteiger charge is -2.10. The minimum atomic E-state index is 0.0741. The van der Waals surface area contributed by atoms with Crippen molar-refractivity contribution in [3.05, 3.63) is 35.4 Å². The van der Waals surface area contributed by atoms with E-state index in [0.29, 0.717) is 26.1 Å². The number of rotatable bonds is 9. The van der Waals surface area contributed by atoms with E-state index in [0.717, 1.165) is 12.5 Å². The van der Waals surface area contributed by atoms with Crippen molar-refractivity contribution in [1.82, 2.24) is 10.6 Å². The fourth-order valence-electron chi connectivity index (χ4n) is 2.29. The van der Waals surface area contributed by atoms with E-state index in [2.05, 4.69) is 34.9 Å². The van der Waals surface area contributed by atoms with Gasteiger partial charge < -0.3 is 15.4 Å². The molecule has 0 spiro atoms. The van der Waals surface area contributed by atoms with Gasteiger partial charge in [0.2, 0.25) is 5.91 Å². The molecule has 0 aliphatic heterocycles. The van der Waals surface area contributed by atoms with Crippen molar-refractivity contribution in [3.63, 3.8) is 0 Å². The van der Waals surface area contributed by atoms with Crippen molar-refractivity contribution in [2.24, 2.45) is 0 Å².